The van der Waals surface area contributed by atoms with Crippen LogP contribution in [0.4, 0.5) is 0 Å². The smallest absolute Gasteiger partial charge is 0.0555 e. The van der Waals surface area contributed by atoms with E-state index in [9.17, 15) is 0 Å². The molecule has 46 heavy (non-hydrogen) atoms. The molecule has 0 N–H and O–H groups in total. The van der Waals surface area contributed by atoms with Gasteiger partial charge in [0.2, 0.25) is 0 Å². The van der Waals surface area contributed by atoms with Gasteiger partial charge in [0.15, 0.2) is 0 Å². The van der Waals surface area contributed by atoms with Crippen LogP contribution in [0.15, 0.2) is 127 Å². The third-order valence-electron chi connectivity index (χ3n) is 10.0. The minimum Gasteiger partial charge on any atom is -0.313 e. The number of hydrogen-bond acceptors (Lipinski definition) is 2. The molecule has 6 aromatic carbocycles. The van der Waals surface area contributed by atoms with Crippen LogP contribution in [0.1, 0.15) is 16.9 Å². The Labute approximate surface area is 272 Å². The Kier molecular flexibility index (Phi) is 5.01. The van der Waals surface area contributed by atoms with Crippen LogP contribution in [0.5, 0.6) is 0 Å². The second-order valence-electron chi connectivity index (χ2n) is 12.4. The zero-order valence-corrected chi connectivity index (χ0v) is 26.5. The van der Waals surface area contributed by atoms with Crippen molar-refractivity contribution < 1.29 is 0 Å². The predicted molar refractivity (Wildman–Crippen MR) is 201 cm³/mol. The summed E-state index contributed by atoms with van der Waals surface area (Å²) in [5.41, 5.74) is 9.12. The molecule has 4 heterocycles. The summed E-state index contributed by atoms with van der Waals surface area (Å²) in [6, 6.07) is 47.1. The molecule has 10 aromatic rings. The second-order valence-corrected chi connectivity index (χ2v) is 14.6. The van der Waals surface area contributed by atoms with Crippen LogP contribution in [-0.4, -0.2) is 9.13 Å². The van der Waals surface area contributed by atoms with Crippen molar-refractivity contribution >= 4 is 108 Å². The van der Waals surface area contributed by atoms with Gasteiger partial charge in [-0.2, -0.15) is 0 Å². The maximum Gasteiger partial charge on any atom is 0.0555 e. The SMILES string of the molecule is C1=C(n2c3ccccc3c3ccccc32)CCc2sc3c(ccc4c3c3ccccc3n4-c3ccc4c(c3)sc3ccccc34)c21. The van der Waals surface area contributed by atoms with Gasteiger partial charge in [0.05, 0.1) is 22.1 Å². The Morgan fingerprint density at radius 3 is 1.87 bits per heavy atom. The molecular formula is C42H26N2S2. The molecule has 216 valence electrons. The Hall–Kier alpha value is -5.16. The van der Waals surface area contributed by atoms with Crippen LogP contribution < -0.4 is 0 Å². The van der Waals surface area contributed by atoms with Crippen molar-refractivity contribution in [1.82, 2.24) is 9.13 Å². The highest BCUT2D eigenvalue weighted by atomic mass is 32.1. The van der Waals surface area contributed by atoms with Crippen LogP contribution in [-0.2, 0) is 6.42 Å². The van der Waals surface area contributed by atoms with Crippen molar-refractivity contribution in [3.05, 3.63) is 138 Å². The molecule has 0 fully saturated rings. The Balaban J connectivity index is 1.15. The van der Waals surface area contributed by atoms with Gasteiger partial charge >= 0.3 is 0 Å². The van der Waals surface area contributed by atoms with Gasteiger partial charge in [0, 0.05) is 68.1 Å². The molecular weight excluding hydrogens is 597 g/mol. The third-order valence-corrected chi connectivity index (χ3v) is 12.4. The van der Waals surface area contributed by atoms with Crippen molar-refractivity contribution in [3.8, 4) is 5.69 Å². The summed E-state index contributed by atoms with van der Waals surface area (Å²) >= 11 is 3.88. The van der Waals surface area contributed by atoms with Gasteiger partial charge in [0.1, 0.15) is 0 Å². The van der Waals surface area contributed by atoms with Crippen molar-refractivity contribution in [1.29, 1.82) is 0 Å². The summed E-state index contributed by atoms with van der Waals surface area (Å²) in [5, 5.41) is 9.39. The summed E-state index contributed by atoms with van der Waals surface area (Å²) in [4.78, 5) is 1.50. The second kappa shape index (κ2) is 9.20. The van der Waals surface area contributed by atoms with Crippen molar-refractivity contribution in [2.45, 2.75) is 12.8 Å². The van der Waals surface area contributed by atoms with Crippen molar-refractivity contribution in [3.63, 3.8) is 0 Å². The maximum absolute atomic E-state index is 2.51. The summed E-state index contributed by atoms with van der Waals surface area (Å²) < 4.78 is 9.06. The highest BCUT2D eigenvalue weighted by Crippen LogP contribution is 2.46. The number of thiophene rings is 2. The minimum absolute atomic E-state index is 1.03. The summed E-state index contributed by atoms with van der Waals surface area (Å²) in [5.74, 6) is 0. The minimum atomic E-state index is 1.03. The Morgan fingerprint density at radius 2 is 1.09 bits per heavy atom. The van der Waals surface area contributed by atoms with Gasteiger partial charge in [-0.3, -0.25) is 0 Å². The summed E-state index contributed by atoms with van der Waals surface area (Å²) in [6.07, 6.45) is 4.57. The van der Waals surface area contributed by atoms with Crippen LogP contribution in [0.3, 0.4) is 0 Å². The number of hydrogen-bond donors (Lipinski definition) is 0. The lowest BCUT2D eigenvalue weighted by Gasteiger charge is -2.17. The first-order valence-electron chi connectivity index (χ1n) is 15.9. The Bertz CT molecular complexity index is 2870. The number of rotatable bonds is 2. The van der Waals surface area contributed by atoms with E-state index in [0.29, 0.717) is 0 Å². The van der Waals surface area contributed by atoms with E-state index in [1.807, 2.05) is 22.7 Å². The molecule has 0 saturated heterocycles. The van der Waals surface area contributed by atoms with Crippen LogP contribution in [0, 0.1) is 0 Å². The highest BCUT2D eigenvalue weighted by Gasteiger charge is 2.23. The van der Waals surface area contributed by atoms with Gasteiger partial charge in [-0.15, -0.1) is 22.7 Å². The number of para-hydroxylation sites is 3. The fourth-order valence-corrected chi connectivity index (χ4v) is 10.5. The largest absolute Gasteiger partial charge is 0.313 e. The lowest BCUT2D eigenvalue weighted by atomic mass is 9.99. The van der Waals surface area contributed by atoms with Gasteiger partial charge in [-0.25, -0.2) is 0 Å². The quantitative estimate of drug-likeness (QED) is 0.182. The number of aromatic nitrogens is 2. The summed E-state index contributed by atoms with van der Waals surface area (Å²) in [7, 11) is 0. The van der Waals surface area contributed by atoms with Gasteiger partial charge < -0.3 is 9.13 Å². The number of benzene rings is 6. The number of nitrogens with zero attached hydrogens (tertiary/aromatic N) is 2. The standard InChI is InChI=1S/C42H26N2S2/c1-5-13-34-27(9-1)28-10-2-6-14-35(28)43(34)25-18-22-39-33(23-25)31-20-21-37-41(42(31)46-39)32-12-3-7-15-36(32)44(37)26-17-19-30-29-11-4-8-16-38(29)45-40(30)24-26/h1-17,19-21,23-24H,18,22H2. The molecule has 1 aliphatic rings. The molecule has 0 atom stereocenters. The zero-order valence-electron chi connectivity index (χ0n) is 24.8. The van der Waals surface area contributed by atoms with Crippen LogP contribution >= 0.6 is 22.7 Å². The third kappa shape index (κ3) is 3.30. The molecule has 4 aromatic heterocycles. The molecule has 1 aliphatic carbocycles. The summed E-state index contributed by atoms with van der Waals surface area (Å²) in [6.45, 7) is 0. The first kappa shape index (κ1) is 25.1. The fraction of sp³-hybridized carbons (Fsp3) is 0.0476. The van der Waals surface area contributed by atoms with E-state index >= 15 is 0 Å². The van der Waals surface area contributed by atoms with Crippen LogP contribution in [0.2, 0.25) is 0 Å². The van der Waals surface area contributed by atoms with E-state index < -0.39 is 0 Å². The molecule has 4 heteroatoms. The van der Waals surface area contributed by atoms with E-state index in [4.69, 9.17) is 0 Å². The lowest BCUT2D eigenvalue weighted by molar-refractivity contribution is 0.968. The van der Waals surface area contributed by atoms with Gasteiger partial charge in [0.25, 0.3) is 0 Å². The van der Waals surface area contributed by atoms with Gasteiger partial charge in [-0.05, 0) is 66.9 Å². The average molecular weight is 623 g/mol. The number of aryl methyl sites for hydroxylation is 1. The monoisotopic (exact) mass is 622 g/mol. The molecule has 0 unspecified atom stereocenters. The maximum atomic E-state index is 2.51. The molecule has 0 spiro atoms. The zero-order chi connectivity index (χ0) is 29.9. The average Bonchev–Trinajstić information content (AvgIpc) is 3.85. The Morgan fingerprint density at radius 1 is 0.457 bits per heavy atom. The van der Waals surface area contributed by atoms with E-state index in [-0.39, 0.29) is 0 Å². The molecule has 0 bridgehead atoms. The van der Waals surface area contributed by atoms with Crippen molar-refractivity contribution in [2.75, 3.05) is 0 Å². The molecule has 0 aliphatic heterocycles. The molecule has 0 radical (unpaired) electrons. The first-order chi connectivity index (χ1) is 22.8. The normalized spacial score (nSPS) is 13.6. The number of fused-ring (bicyclic) bond motifs is 13. The number of allylic oxidation sites excluding steroid dienone is 1. The van der Waals surface area contributed by atoms with Gasteiger partial charge in [-0.1, -0.05) is 84.9 Å². The topological polar surface area (TPSA) is 9.86 Å². The lowest BCUT2D eigenvalue weighted by Crippen LogP contribution is -2.02. The van der Waals surface area contributed by atoms with E-state index in [1.165, 1.54) is 95.7 Å². The fourth-order valence-electron chi connectivity index (χ4n) is 8.04. The van der Waals surface area contributed by atoms with Crippen LogP contribution in [0.25, 0.3) is 91.3 Å². The molecule has 0 amide bonds. The first-order valence-corrected chi connectivity index (χ1v) is 17.5. The van der Waals surface area contributed by atoms with E-state index in [0.717, 1.165) is 12.8 Å². The molecule has 2 nitrogen and oxygen atoms in total. The van der Waals surface area contributed by atoms with E-state index in [2.05, 4.69) is 143 Å². The molecule has 11 rings (SSSR count). The highest BCUT2D eigenvalue weighted by molar-refractivity contribution is 7.25. The van der Waals surface area contributed by atoms with Crippen molar-refractivity contribution in [2.24, 2.45) is 0 Å². The predicted octanol–water partition coefficient (Wildman–Crippen LogP) is 12.4. The molecule has 0 saturated carbocycles. The van der Waals surface area contributed by atoms with E-state index in [1.54, 1.807) is 0 Å².